The van der Waals surface area contributed by atoms with Gasteiger partial charge in [-0.2, -0.15) is 8.42 Å². The Morgan fingerprint density at radius 1 is 0.438 bits per heavy atom. The van der Waals surface area contributed by atoms with Gasteiger partial charge in [0.2, 0.25) is 0 Å². The maximum absolute atomic E-state index is 11.7. The van der Waals surface area contributed by atoms with Crippen LogP contribution in [0.5, 0.6) is 0 Å². The van der Waals surface area contributed by atoms with Gasteiger partial charge in [0.15, 0.2) is 0 Å². The summed E-state index contributed by atoms with van der Waals surface area (Å²) < 4.78 is 32.9. The molecule has 0 spiro atoms. The van der Waals surface area contributed by atoms with E-state index in [9.17, 15) is 13.0 Å². The maximum atomic E-state index is 11.7. The summed E-state index contributed by atoms with van der Waals surface area (Å²) in [6.45, 7) is 4.49. The van der Waals surface area contributed by atoms with Gasteiger partial charge >= 0.3 is 0 Å². The first-order valence-corrected chi connectivity index (χ1v) is 16.0. The second-order valence-electron chi connectivity index (χ2n) is 10.1. The predicted octanol–water partition coefficient (Wildman–Crippen LogP) is 10.0. The predicted molar refractivity (Wildman–Crippen MR) is 142 cm³/mol. The fourth-order valence-corrected chi connectivity index (χ4v) is 5.62. The molecule has 0 aliphatic rings. The highest BCUT2D eigenvalue weighted by atomic mass is 32.2. The molecular formula is C28H58O3S. The Kier molecular flexibility index (Phi) is 24.0. The highest BCUT2D eigenvalue weighted by Crippen LogP contribution is 2.20. The second kappa shape index (κ2) is 24.0. The fraction of sp³-hybridized carbons (Fsp3) is 1.00. The second-order valence-corrected chi connectivity index (χ2v) is 11.8. The largest absolute Gasteiger partial charge is 0.285 e. The lowest BCUT2D eigenvalue weighted by atomic mass is 10.0. The van der Waals surface area contributed by atoms with Gasteiger partial charge < -0.3 is 0 Å². The highest BCUT2D eigenvalue weighted by Gasteiger charge is 2.21. The van der Waals surface area contributed by atoms with Gasteiger partial charge in [-0.15, -0.1) is 0 Å². The van der Waals surface area contributed by atoms with E-state index in [0.29, 0.717) is 12.8 Å². The van der Waals surface area contributed by atoms with E-state index in [-0.39, 0.29) is 0 Å². The molecule has 1 N–H and O–H groups in total. The summed E-state index contributed by atoms with van der Waals surface area (Å²) in [5.74, 6) is 0. The molecular weight excluding hydrogens is 416 g/mol. The van der Waals surface area contributed by atoms with Crippen LogP contribution in [0.1, 0.15) is 174 Å². The van der Waals surface area contributed by atoms with E-state index < -0.39 is 15.4 Å². The van der Waals surface area contributed by atoms with Gasteiger partial charge in [0.05, 0.1) is 5.25 Å². The normalized spacial score (nSPS) is 13.0. The molecule has 0 radical (unpaired) electrons. The van der Waals surface area contributed by atoms with Crippen LogP contribution in [0, 0.1) is 0 Å². The van der Waals surface area contributed by atoms with Crippen molar-refractivity contribution < 1.29 is 13.0 Å². The molecule has 0 fully saturated rings. The van der Waals surface area contributed by atoms with Crippen LogP contribution in [-0.4, -0.2) is 18.2 Å². The molecule has 0 rings (SSSR count). The lowest BCUT2D eigenvalue weighted by Gasteiger charge is -2.13. The van der Waals surface area contributed by atoms with E-state index in [2.05, 4.69) is 13.8 Å². The third-order valence-corrected chi connectivity index (χ3v) is 8.24. The summed E-state index contributed by atoms with van der Waals surface area (Å²) in [5, 5.41) is -0.537. The lowest BCUT2D eigenvalue weighted by molar-refractivity contribution is 0.442. The molecule has 3 nitrogen and oxygen atoms in total. The minimum absolute atomic E-state index is 0.537. The molecule has 0 aromatic rings. The van der Waals surface area contributed by atoms with E-state index in [0.717, 1.165) is 25.7 Å². The van der Waals surface area contributed by atoms with Crippen LogP contribution in [0.3, 0.4) is 0 Å². The Bertz CT molecular complexity index is 461. The standard InChI is InChI=1S/C28H58O3S/c1-3-5-7-9-11-12-13-14-15-16-17-18-19-21-23-25-27-28(32(29,30)31)26-24-22-20-10-8-6-4-2/h28H,3-27H2,1-2H3,(H,29,30,31). The first kappa shape index (κ1) is 31.9. The van der Waals surface area contributed by atoms with Crippen LogP contribution < -0.4 is 0 Å². The van der Waals surface area contributed by atoms with E-state index in [1.807, 2.05) is 0 Å². The summed E-state index contributed by atoms with van der Waals surface area (Å²) in [6, 6.07) is 0. The van der Waals surface area contributed by atoms with E-state index in [1.54, 1.807) is 0 Å². The Morgan fingerprint density at radius 3 is 0.875 bits per heavy atom. The van der Waals surface area contributed by atoms with Crippen LogP contribution in [0.15, 0.2) is 0 Å². The van der Waals surface area contributed by atoms with E-state index >= 15 is 0 Å². The third kappa shape index (κ3) is 23.1. The van der Waals surface area contributed by atoms with Crippen LogP contribution in [0.25, 0.3) is 0 Å². The smallest absolute Gasteiger partial charge is 0.267 e. The minimum Gasteiger partial charge on any atom is -0.285 e. The molecule has 1 atom stereocenters. The summed E-state index contributed by atoms with van der Waals surface area (Å²) in [7, 11) is -3.89. The van der Waals surface area contributed by atoms with Crippen molar-refractivity contribution >= 4 is 10.1 Å². The van der Waals surface area contributed by atoms with Crippen molar-refractivity contribution in [2.24, 2.45) is 0 Å². The van der Waals surface area contributed by atoms with Gasteiger partial charge in [-0.1, -0.05) is 162 Å². The molecule has 194 valence electrons. The van der Waals surface area contributed by atoms with Gasteiger partial charge in [-0.25, -0.2) is 0 Å². The van der Waals surface area contributed by atoms with Crippen LogP contribution in [-0.2, 0) is 10.1 Å². The van der Waals surface area contributed by atoms with Gasteiger partial charge in [-0.3, -0.25) is 4.55 Å². The van der Waals surface area contributed by atoms with Crippen LogP contribution in [0.2, 0.25) is 0 Å². The monoisotopic (exact) mass is 474 g/mol. The van der Waals surface area contributed by atoms with Crippen molar-refractivity contribution in [2.75, 3.05) is 0 Å². The molecule has 0 aliphatic carbocycles. The van der Waals surface area contributed by atoms with Crippen LogP contribution in [0.4, 0.5) is 0 Å². The molecule has 0 aromatic heterocycles. The van der Waals surface area contributed by atoms with E-state index in [4.69, 9.17) is 0 Å². The molecule has 0 aromatic carbocycles. The average Bonchev–Trinajstić information content (AvgIpc) is 2.75. The van der Waals surface area contributed by atoms with Crippen molar-refractivity contribution in [3.05, 3.63) is 0 Å². The van der Waals surface area contributed by atoms with E-state index in [1.165, 1.54) is 122 Å². The number of hydrogen-bond acceptors (Lipinski definition) is 2. The van der Waals surface area contributed by atoms with Crippen molar-refractivity contribution in [3.63, 3.8) is 0 Å². The van der Waals surface area contributed by atoms with Crippen molar-refractivity contribution in [1.82, 2.24) is 0 Å². The number of hydrogen-bond donors (Lipinski definition) is 1. The van der Waals surface area contributed by atoms with Crippen molar-refractivity contribution in [3.8, 4) is 0 Å². The summed E-state index contributed by atoms with van der Waals surface area (Å²) in [6.07, 6.45) is 30.8. The molecule has 1 unspecified atom stereocenters. The number of rotatable bonds is 26. The first-order valence-electron chi connectivity index (χ1n) is 14.5. The molecule has 32 heavy (non-hydrogen) atoms. The topological polar surface area (TPSA) is 54.4 Å². The SMILES string of the molecule is CCCCCCCCCCCCCCCCCCC(CCCCCCCCC)S(=O)(=O)O. The molecule has 0 bridgehead atoms. The van der Waals surface area contributed by atoms with Crippen LogP contribution >= 0.6 is 0 Å². The highest BCUT2D eigenvalue weighted by molar-refractivity contribution is 7.86. The molecule has 4 heteroatoms. The van der Waals surface area contributed by atoms with Gasteiger partial charge in [0, 0.05) is 0 Å². The quantitative estimate of drug-likeness (QED) is 0.100. The fourth-order valence-electron chi connectivity index (χ4n) is 4.69. The van der Waals surface area contributed by atoms with Crippen molar-refractivity contribution in [2.45, 2.75) is 180 Å². The van der Waals surface area contributed by atoms with Gasteiger partial charge in [0.25, 0.3) is 10.1 Å². The van der Waals surface area contributed by atoms with Gasteiger partial charge in [-0.05, 0) is 12.8 Å². The molecule has 0 amide bonds. The molecule has 0 aliphatic heterocycles. The maximum Gasteiger partial charge on any atom is 0.267 e. The summed E-state index contributed by atoms with van der Waals surface area (Å²) in [5.41, 5.74) is 0. The lowest BCUT2D eigenvalue weighted by Crippen LogP contribution is -2.20. The van der Waals surface area contributed by atoms with Crippen molar-refractivity contribution in [1.29, 1.82) is 0 Å². The first-order chi connectivity index (χ1) is 15.5. The molecule has 0 heterocycles. The summed E-state index contributed by atoms with van der Waals surface area (Å²) in [4.78, 5) is 0. The Balaban J connectivity index is 3.50. The zero-order valence-electron chi connectivity index (χ0n) is 21.9. The average molecular weight is 475 g/mol. The third-order valence-electron chi connectivity index (χ3n) is 6.93. The molecule has 0 saturated heterocycles. The summed E-state index contributed by atoms with van der Waals surface area (Å²) >= 11 is 0. The Hall–Kier alpha value is -0.0900. The minimum atomic E-state index is -3.89. The molecule has 0 saturated carbocycles. The zero-order chi connectivity index (χ0) is 23.8. The number of unbranched alkanes of at least 4 members (excludes halogenated alkanes) is 21. The van der Waals surface area contributed by atoms with Gasteiger partial charge in [0.1, 0.15) is 0 Å². The zero-order valence-corrected chi connectivity index (χ0v) is 22.7. The Labute approximate surface area is 202 Å². The Morgan fingerprint density at radius 2 is 0.656 bits per heavy atom.